The normalized spacial score (nSPS) is 17.7. The standard InChI is InChI=1S/C15H29N3O2/c1-12(2)11-13(16)15(20)17-8-7-14(19)18-9-5-3-4-6-10-18/h12-13H,3-11,16H2,1-2H3,(H,17,20)/t13-/m0/s1. The van der Waals surface area contributed by atoms with E-state index in [2.05, 4.69) is 5.32 Å². The van der Waals surface area contributed by atoms with Gasteiger partial charge in [-0.3, -0.25) is 9.59 Å². The second-order valence-corrected chi connectivity index (χ2v) is 6.07. The number of nitrogens with one attached hydrogen (secondary N) is 1. The maximum Gasteiger partial charge on any atom is 0.236 e. The summed E-state index contributed by atoms with van der Waals surface area (Å²) in [5.41, 5.74) is 5.79. The van der Waals surface area contributed by atoms with Crippen molar-refractivity contribution < 1.29 is 9.59 Å². The Labute approximate surface area is 122 Å². The maximum absolute atomic E-state index is 12.0. The van der Waals surface area contributed by atoms with Crippen LogP contribution in [0.5, 0.6) is 0 Å². The Morgan fingerprint density at radius 3 is 2.30 bits per heavy atom. The van der Waals surface area contributed by atoms with Gasteiger partial charge >= 0.3 is 0 Å². The molecule has 0 aromatic carbocycles. The fraction of sp³-hybridized carbons (Fsp3) is 0.867. The second kappa shape index (κ2) is 8.95. The van der Waals surface area contributed by atoms with Crippen LogP contribution in [0.25, 0.3) is 0 Å². The molecule has 1 heterocycles. The SMILES string of the molecule is CC(C)C[C@H](N)C(=O)NCCC(=O)N1CCCCCC1. The Balaban J connectivity index is 2.22. The van der Waals surface area contributed by atoms with Crippen LogP contribution < -0.4 is 11.1 Å². The number of nitrogens with two attached hydrogens (primary N) is 1. The number of rotatable bonds is 6. The fourth-order valence-electron chi connectivity index (χ4n) is 2.52. The van der Waals surface area contributed by atoms with Crippen molar-refractivity contribution in [3.63, 3.8) is 0 Å². The molecule has 1 saturated heterocycles. The summed E-state index contributed by atoms with van der Waals surface area (Å²) in [4.78, 5) is 25.7. The zero-order valence-corrected chi connectivity index (χ0v) is 12.9. The highest BCUT2D eigenvalue weighted by molar-refractivity contribution is 5.82. The Hall–Kier alpha value is -1.10. The van der Waals surface area contributed by atoms with Crippen molar-refractivity contribution in [3.8, 4) is 0 Å². The van der Waals surface area contributed by atoms with Crippen LogP contribution in [0.3, 0.4) is 0 Å². The van der Waals surface area contributed by atoms with E-state index in [1.807, 2.05) is 18.7 Å². The molecule has 0 saturated carbocycles. The molecule has 116 valence electrons. The van der Waals surface area contributed by atoms with E-state index in [1.54, 1.807) is 0 Å². The largest absolute Gasteiger partial charge is 0.354 e. The van der Waals surface area contributed by atoms with Crippen molar-refractivity contribution in [2.75, 3.05) is 19.6 Å². The molecule has 5 nitrogen and oxygen atoms in total. The van der Waals surface area contributed by atoms with Crippen molar-refractivity contribution in [2.45, 2.75) is 58.4 Å². The van der Waals surface area contributed by atoms with E-state index < -0.39 is 6.04 Å². The third-order valence-corrected chi connectivity index (χ3v) is 3.66. The van der Waals surface area contributed by atoms with E-state index in [4.69, 9.17) is 5.73 Å². The number of carbonyl (C=O) groups excluding carboxylic acids is 2. The minimum absolute atomic E-state index is 0.143. The zero-order valence-electron chi connectivity index (χ0n) is 12.9. The molecule has 0 radical (unpaired) electrons. The van der Waals surface area contributed by atoms with Crippen LogP contribution in [0, 0.1) is 5.92 Å². The van der Waals surface area contributed by atoms with E-state index in [0.29, 0.717) is 25.3 Å². The van der Waals surface area contributed by atoms with E-state index >= 15 is 0 Å². The predicted octanol–water partition coefficient (Wildman–Crippen LogP) is 1.27. The Bertz CT molecular complexity index is 310. The smallest absolute Gasteiger partial charge is 0.236 e. The Morgan fingerprint density at radius 1 is 1.15 bits per heavy atom. The van der Waals surface area contributed by atoms with Gasteiger partial charge in [0.25, 0.3) is 0 Å². The van der Waals surface area contributed by atoms with E-state index in [0.717, 1.165) is 25.9 Å². The third kappa shape index (κ3) is 6.37. The lowest BCUT2D eigenvalue weighted by atomic mass is 10.0. The second-order valence-electron chi connectivity index (χ2n) is 6.07. The van der Waals surface area contributed by atoms with Crippen molar-refractivity contribution in [2.24, 2.45) is 11.7 Å². The Kier molecular flexibility index (Phi) is 7.59. The van der Waals surface area contributed by atoms with Crippen LogP contribution in [0.2, 0.25) is 0 Å². The Morgan fingerprint density at radius 2 is 1.75 bits per heavy atom. The summed E-state index contributed by atoms with van der Waals surface area (Å²) in [6.07, 6.45) is 5.66. The zero-order chi connectivity index (χ0) is 15.0. The molecule has 0 aliphatic carbocycles. The molecule has 0 aromatic rings. The predicted molar refractivity (Wildman–Crippen MR) is 80.1 cm³/mol. The van der Waals surface area contributed by atoms with Crippen LogP contribution in [-0.4, -0.2) is 42.4 Å². The number of hydrogen-bond acceptors (Lipinski definition) is 3. The summed E-state index contributed by atoms with van der Waals surface area (Å²) >= 11 is 0. The first kappa shape index (κ1) is 17.0. The van der Waals surface area contributed by atoms with Gasteiger partial charge in [0.15, 0.2) is 0 Å². The number of amides is 2. The summed E-state index contributed by atoms with van der Waals surface area (Å²) in [5, 5.41) is 2.76. The molecule has 0 bridgehead atoms. The molecule has 1 aliphatic rings. The molecule has 0 aromatic heterocycles. The summed E-state index contributed by atoms with van der Waals surface area (Å²) in [6, 6.07) is -0.469. The van der Waals surface area contributed by atoms with Crippen molar-refractivity contribution in [3.05, 3.63) is 0 Å². The topological polar surface area (TPSA) is 75.4 Å². The molecule has 1 aliphatic heterocycles. The van der Waals surface area contributed by atoms with Crippen molar-refractivity contribution in [1.29, 1.82) is 0 Å². The van der Waals surface area contributed by atoms with Gasteiger partial charge in [0.1, 0.15) is 0 Å². The number of nitrogens with zero attached hydrogens (tertiary/aromatic N) is 1. The quantitative estimate of drug-likeness (QED) is 0.771. The molecular weight excluding hydrogens is 254 g/mol. The van der Waals surface area contributed by atoms with Crippen LogP contribution in [0.4, 0.5) is 0 Å². The van der Waals surface area contributed by atoms with E-state index in [-0.39, 0.29) is 11.8 Å². The van der Waals surface area contributed by atoms with Gasteiger partial charge in [-0.25, -0.2) is 0 Å². The summed E-state index contributed by atoms with van der Waals surface area (Å²) in [6.45, 7) is 6.19. The lowest BCUT2D eigenvalue weighted by Gasteiger charge is -2.20. The van der Waals surface area contributed by atoms with Gasteiger partial charge in [-0.2, -0.15) is 0 Å². The van der Waals surface area contributed by atoms with E-state index in [1.165, 1.54) is 12.8 Å². The molecule has 1 fully saturated rings. The van der Waals surface area contributed by atoms with Gasteiger partial charge in [0.2, 0.25) is 11.8 Å². The van der Waals surface area contributed by atoms with Crippen LogP contribution in [-0.2, 0) is 9.59 Å². The van der Waals surface area contributed by atoms with E-state index in [9.17, 15) is 9.59 Å². The molecular formula is C15H29N3O2. The highest BCUT2D eigenvalue weighted by atomic mass is 16.2. The molecule has 0 spiro atoms. The lowest BCUT2D eigenvalue weighted by molar-refractivity contribution is -0.131. The molecule has 3 N–H and O–H groups in total. The first-order valence-corrected chi connectivity index (χ1v) is 7.81. The number of likely N-dealkylation sites (tertiary alicyclic amines) is 1. The van der Waals surface area contributed by atoms with Gasteiger partial charge in [-0.15, -0.1) is 0 Å². The molecule has 2 amide bonds. The highest BCUT2D eigenvalue weighted by Crippen LogP contribution is 2.10. The van der Waals surface area contributed by atoms with Gasteiger partial charge in [0.05, 0.1) is 6.04 Å². The summed E-state index contributed by atoms with van der Waals surface area (Å²) in [5.74, 6) is 0.390. The van der Waals surface area contributed by atoms with Gasteiger partial charge < -0.3 is 16.0 Å². The lowest BCUT2D eigenvalue weighted by Crippen LogP contribution is -2.43. The van der Waals surface area contributed by atoms with Crippen molar-refractivity contribution in [1.82, 2.24) is 10.2 Å². The maximum atomic E-state index is 12.0. The van der Waals surface area contributed by atoms with Crippen molar-refractivity contribution >= 4 is 11.8 Å². The van der Waals surface area contributed by atoms with Crippen LogP contribution >= 0.6 is 0 Å². The summed E-state index contributed by atoms with van der Waals surface area (Å²) in [7, 11) is 0. The summed E-state index contributed by atoms with van der Waals surface area (Å²) < 4.78 is 0. The van der Waals surface area contributed by atoms with Gasteiger partial charge in [-0.05, 0) is 25.2 Å². The average Bonchev–Trinajstić information content (AvgIpc) is 2.66. The average molecular weight is 283 g/mol. The minimum atomic E-state index is -0.469. The molecule has 1 atom stereocenters. The van der Waals surface area contributed by atoms with Crippen LogP contribution in [0.15, 0.2) is 0 Å². The van der Waals surface area contributed by atoms with Crippen LogP contribution in [0.1, 0.15) is 52.4 Å². The highest BCUT2D eigenvalue weighted by Gasteiger charge is 2.17. The first-order chi connectivity index (χ1) is 9.50. The fourth-order valence-corrected chi connectivity index (χ4v) is 2.52. The first-order valence-electron chi connectivity index (χ1n) is 7.81. The third-order valence-electron chi connectivity index (χ3n) is 3.66. The molecule has 5 heteroatoms. The monoisotopic (exact) mass is 283 g/mol. The molecule has 20 heavy (non-hydrogen) atoms. The number of hydrogen-bond donors (Lipinski definition) is 2. The molecule has 1 rings (SSSR count). The molecule has 0 unspecified atom stereocenters. The minimum Gasteiger partial charge on any atom is -0.354 e. The number of carbonyl (C=O) groups is 2. The van der Waals surface area contributed by atoms with Gasteiger partial charge in [0, 0.05) is 26.1 Å². The van der Waals surface area contributed by atoms with Gasteiger partial charge in [-0.1, -0.05) is 26.7 Å².